The molecule has 0 heterocycles. The van der Waals surface area contributed by atoms with E-state index in [2.05, 4.69) is 5.32 Å². The number of ether oxygens (including phenoxy) is 2. The van der Waals surface area contributed by atoms with Crippen LogP contribution in [0.3, 0.4) is 0 Å². The summed E-state index contributed by atoms with van der Waals surface area (Å²) in [6.45, 7) is 11.3. The molecule has 0 saturated heterocycles. The molecular weight excluding hydrogens is 572 g/mol. The Kier molecular flexibility index (Phi) is 23.1. The molecule has 0 aromatic rings. The average Bonchev–Trinajstić information content (AvgIpc) is 2.96. The number of primary amides is 1. The first-order valence-corrected chi connectivity index (χ1v) is 17.0. The molecule has 2 amide bonds. The zero-order valence-corrected chi connectivity index (χ0v) is 28.2. The highest BCUT2D eigenvalue weighted by Gasteiger charge is 2.36. The van der Waals surface area contributed by atoms with Gasteiger partial charge in [0.15, 0.2) is 0 Å². The van der Waals surface area contributed by atoms with E-state index in [1.165, 1.54) is 11.8 Å². The second kappa shape index (κ2) is 22.8. The van der Waals surface area contributed by atoms with Crippen molar-refractivity contribution in [1.82, 2.24) is 5.32 Å². The zero-order valence-electron chi connectivity index (χ0n) is 26.4. The maximum Gasteiger partial charge on any atom is 0.500 e. The predicted octanol–water partition coefficient (Wildman–Crippen LogP) is 2.53. The lowest BCUT2D eigenvalue weighted by Gasteiger charge is -2.24. The molecule has 0 radical (unpaired) electrons. The Balaban J connectivity index is 0. The molecule has 0 spiro atoms. The fourth-order valence-corrected chi connectivity index (χ4v) is 5.47. The van der Waals surface area contributed by atoms with E-state index in [1.54, 1.807) is 42.1 Å². The van der Waals surface area contributed by atoms with E-state index in [0.717, 1.165) is 12.8 Å². The molecule has 4 N–H and O–H groups in total. The number of hydrogen-bond acceptors (Lipinski definition) is 11. The summed E-state index contributed by atoms with van der Waals surface area (Å²) in [5.41, 5.74) is 4.54. The number of rotatable bonds is 21. The Morgan fingerprint density at radius 3 is 2.02 bits per heavy atom. The van der Waals surface area contributed by atoms with E-state index in [-0.39, 0.29) is 43.3 Å². The maximum atomic E-state index is 11.7. The first-order chi connectivity index (χ1) is 19.1. The van der Waals surface area contributed by atoms with Gasteiger partial charge in [0, 0.05) is 57.3 Å². The Hall–Kier alpha value is -1.71. The number of carbonyl (C=O) groups is 4. The molecule has 3 atom stereocenters. The van der Waals surface area contributed by atoms with Gasteiger partial charge in [-0.2, -0.15) is 11.8 Å². The summed E-state index contributed by atoms with van der Waals surface area (Å²) in [7, 11) is 2.31. The second-order valence-corrected chi connectivity index (χ2v) is 14.5. The minimum absolute atomic E-state index is 0.0734. The van der Waals surface area contributed by atoms with Crippen molar-refractivity contribution in [3.8, 4) is 0 Å². The van der Waals surface area contributed by atoms with Gasteiger partial charge >= 0.3 is 20.7 Å². The number of aliphatic hydroxyl groups is 1. The number of esters is 2. The van der Waals surface area contributed by atoms with Crippen molar-refractivity contribution in [2.75, 3.05) is 52.6 Å². The SMILES string of the molecule is CCC(C)(C)C(=O)OCC(O)COC(=O)CCSCC(C)C(N)=O.CCC(C)C(=O)NCCC[Si](OC)(OC)OC. The topological polar surface area (TPSA) is 173 Å². The van der Waals surface area contributed by atoms with Gasteiger partial charge in [-0.3, -0.25) is 19.2 Å². The highest BCUT2D eigenvalue weighted by Crippen LogP contribution is 2.21. The van der Waals surface area contributed by atoms with Crippen LogP contribution in [0.2, 0.25) is 6.04 Å². The molecule has 0 aliphatic heterocycles. The molecule has 0 aromatic carbocycles. The fraction of sp³-hybridized carbons (Fsp3) is 0.852. The van der Waals surface area contributed by atoms with Gasteiger partial charge in [-0.1, -0.05) is 27.7 Å². The molecule has 3 unspecified atom stereocenters. The molecule has 0 aliphatic rings. The monoisotopic (exact) mass is 626 g/mol. The summed E-state index contributed by atoms with van der Waals surface area (Å²) in [4.78, 5) is 45.6. The van der Waals surface area contributed by atoms with Gasteiger partial charge < -0.3 is 38.9 Å². The van der Waals surface area contributed by atoms with Crippen molar-refractivity contribution in [3.63, 3.8) is 0 Å². The van der Waals surface area contributed by atoms with Crippen LogP contribution in [0.1, 0.15) is 67.2 Å². The van der Waals surface area contributed by atoms with Gasteiger partial charge in [0.05, 0.1) is 11.8 Å². The van der Waals surface area contributed by atoms with Crippen LogP contribution in [-0.2, 0) is 41.9 Å². The van der Waals surface area contributed by atoms with Gasteiger partial charge in [0.25, 0.3) is 0 Å². The highest BCUT2D eigenvalue weighted by molar-refractivity contribution is 7.99. The van der Waals surface area contributed by atoms with Gasteiger partial charge in [-0.25, -0.2) is 0 Å². The van der Waals surface area contributed by atoms with Crippen LogP contribution in [0.4, 0.5) is 0 Å². The van der Waals surface area contributed by atoms with Crippen molar-refractivity contribution in [3.05, 3.63) is 0 Å². The van der Waals surface area contributed by atoms with E-state index in [1.807, 2.05) is 20.8 Å². The third-order valence-corrected chi connectivity index (χ3v) is 10.6. The number of aliphatic hydroxyl groups excluding tert-OH is 1. The van der Waals surface area contributed by atoms with Crippen LogP contribution in [0, 0.1) is 17.3 Å². The van der Waals surface area contributed by atoms with Gasteiger partial charge in [-0.05, 0) is 33.1 Å². The molecule has 0 fully saturated rings. The summed E-state index contributed by atoms with van der Waals surface area (Å²) < 4.78 is 25.8. The van der Waals surface area contributed by atoms with Crippen LogP contribution in [-0.4, -0.2) is 96.4 Å². The third-order valence-electron chi connectivity index (χ3n) is 6.54. The lowest BCUT2D eigenvalue weighted by molar-refractivity contribution is -0.159. The Morgan fingerprint density at radius 2 is 1.54 bits per heavy atom. The van der Waals surface area contributed by atoms with Gasteiger partial charge in [0.2, 0.25) is 11.8 Å². The number of thioether (sulfide) groups is 1. The number of nitrogens with two attached hydrogens (primary N) is 1. The van der Waals surface area contributed by atoms with E-state index >= 15 is 0 Å². The Labute approximate surface area is 251 Å². The van der Waals surface area contributed by atoms with Crippen LogP contribution in [0.25, 0.3) is 0 Å². The number of hydrogen-bond donors (Lipinski definition) is 3. The lowest BCUT2D eigenvalue weighted by Crippen LogP contribution is -2.43. The predicted molar refractivity (Wildman–Crippen MR) is 161 cm³/mol. The molecular formula is C27H54N2O10SSi. The first-order valence-electron chi connectivity index (χ1n) is 14.0. The fourth-order valence-electron chi connectivity index (χ4n) is 2.75. The minimum Gasteiger partial charge on any atom is -0.463 e. The molecule has 12 nitrogen and oxygen atoms in total. The summed E-state index contributed by atoms with van der Waals surface area (Å²) >= 11 is 1.44. The quantitative estimate of drug-likeness (QED) is 0.0971. The first kappa shape index (κ1) is 41.4. The van der Waals surface area contributed by atoms with Crippen molar-refractivity contribution in [1.29, 1.82) is 0 Å². The summed E-state index contributed by atoms with van der Waals surface area (Å²) in [6.07, 6.45) is 1.41. The standard InChI is InChI=1S/C16H29NO6S.C11H25NO4Si/c1-5-16(3,4)15(21)23-9-12(18)8-22-13(19)6-7-24-10-11(2)14(17)20;1-6-10(2)11(13)12-8-7-9-17(14-3,15-4)16-5/h11-12,18H,5-10H2,1-4H3,(H2,17,20);10H,6-9H2,1-5H3,(H,12,13). The molecule has 0 aromatic heterocycles. The molecule has 0 rings (SSSR count). The average molecular weight is 627 g/mol. The number of amides is 2. The summed E-state index contributed by atoms with van der Waals surface area (Å²) in [6, 6.07) is 0.706. The van der Waals surface area contributed by atoms with E-state index in [0.29, 0.717) is 30.5 Å². The maximum absolute atomic E-state index is 11.7. The molecule has 0 saturated carbocycles. The van der Waals surface area contributed by atoms with Crippen LogP contribution in [0.15, 0.2) is 0 Å². The molecule has 41 heavy (non-hydrogen) atoms. The van der Waals surface area contributed by atoms with Gasteiger partial charge in [-0.15, -0.1) is 0 Å². The molecule has 14 heteroatoms. The normalized spacial score (nSPS) is 13.7. The zero-order chi connectivity index (χ0) is 32.1. The highest BCUT2D eigenvalue weighted by atomic mass is 32.2. The largest absolute Gasteiger partial charge is 0.500 e. The third kappa shape index (κ3) is 19.2. The van der Waals surface area contributed by atoms with Crippen molar-refractivity contribution >= 4 is 44.3 Å². The van der Waals surface area contributed by atoms with Crippen LogP contribution < -0.4 is 11.1 Å². The van der Waals surface area contributed by atoms with E-state index in [4.69, 9.17) is 28.5 Å². The van der Waals surface area contributed by atoms with E-state index < -0.39 is 32.3 Å². The Morgan fingerprint density at radius 1 is 0.976 bits per heavy atom. The molecule has 242 valence electrons. The molecule has 0 aliphatic carbocycles. The van der Waals surface area contributed by atoms with Gasteiger partial charge in [0.1, 0.15) is 19.3 Å². The Bertz CT molecular complexity index is 760. The summed E-state index contributed by atoms with van der Waals surface area (Å²) in [5.74, 6) is -0.218. The summed E-state index contributed by atoms with van der Waals surface area (Å²) in [5, 5.41) is 12.6. The van der Waals surface area contributed by atoms with Crippen molar-refractivity contribution in [2.24, 2.45) is 23.0 Å². The smallest absolute Gasteiger partial charge is 0.463 e. The van der Waals surface area contributed by atoms with E-state index in [9.17, 15) is 24.3 Å². The van der Waals surface area contributed by atoms with Crippen molar-refractivity contribution in [2.45, 2.75) is 79.4 Å². The van der Waals surface area contributed by atoms with Crippen molar-refractivity contribution < 1.29 is 47.0 Å². The number of carbonyl (C=O) groups excluding carboxylic acids is 4. The number of nitrogens with one attached hydrogen (secondary N) is 1. The minimum atomic E-state index is -2.48. The lowest BCUT2D eigenvalue weighted by atomic mass is 9.91. The van der Waals surface area contributed by atoms with Crippen LogP contribution >= 0.6 is 11.8 Å². The molecule has 0 bridgehead atoms. The van der Waals surface area contributed by atoms with Crippen LogP contribution in [0.5, 0.6) is 0 Å². The second-order valence-electron chi connectivity index (χ2n) is 10.3.